The van der Waals surface area contributed by atoms with E-state index in [0.717, 1.165) is 12.8 Å². The summed E-state index contributed by atoms with van der Waals surface area (Å²) in [6.07, 6.45) is 1.12. The Morgan fingerprint density at radius 1 is 1.23 bits per heavy atom. The number of nitrogens with zero attached hydrogens (tertiary/aromatic N) is 1. The van der Waals surface area contributed by atoms with Crippen LogP contribution in [0.4, 0.5) is 9.18 Å². The van der Waals surface area contributed by atoms with Crippen molar-refractivity contribution >= 4 is 16.1 Å². The van der Waals surface area contributed by atoms with E-state index in [1.807, 2.05) is 20.8 Å². The highest BCUT2D eigenvalue weighted by Crippen LogP contribution is 2.19. The van der Waals surface area contributed by atoms with E-state index in [1.165, 1.54) is 24.3 Å². The van der Waals surface area contributed by atoms with Gasteiger partial charge in [-0.2, -0.15) is 0 Å². The first-order chi connectivity index (χ1) is 12.0. The molecular weight excluding hydrogens is 359 g/mol. The molecule has 0 aliphatic carbocycles. The lowest BCUT2D eigenvalue weighted by molar-refractivity contribution is 0.0185. The fraction of sp³-hybridized carbons (Fsp3) is 0.611. The Labute approximate surface area is 154 Å². The minimum absolute atomic E-state index is 0.177. The van der Waals surface area contributed by atoms with Crippen LogP contribution in [-0.2, 0) is 20.5 Å². The maximum atomic E-state index is 12.9. The highest BCUT2D eigenvalue weighted by Gasteiger charge is 2.27. The number of rotatable bonds is 5. The summed E-state index contributed by atoms with van der Waals surface area (Å²) in [5.41, 5.74) is 0.0165. The zero-order chi connectivity index (χ0) is 19.4. The lowest BCUT2D eigenvalue weighted by Crippen LogP contribution is -2.43. The molecule has 2 rings (SSSR count). The number of nitrogens with one attached hydrogen (secondary N) is 1. The van der Waals surface area contributed by atoms with Gasteiger partial charge in [-0.05, 0) is 57.2 Å². The van der Waals surface area contributed by atoms with Crippen LogP contribution in [0.2, 0.25) is 0 Å². The molecule has 1 heterocycles. The summed E-state index contributed by atoms with van der Waals surface area (Å²) >= 11 is 0. The summed E-state index contributed by atoms with van der Waals surface area (Å²) in [5.74, 6) is -0.392. The molecule has 1 aromatic rings. The minimum atomic E-state index is -3.48. The molecule has 6 nitrogen and oxygen atoms in total. The molecule has 0 saturated carbocycles. The normalized spacial score (nSPS) is 16.5. The average Bonchev–Trinajstić information content (AvgIpc) is 2.54. The van der Waals surface area contributed by atoms with E-state index in [-0.39, 0.29) is 17.8 Å². The zero-order valence-electron chi connectivity index (χ0n) is 15.5. The third kappa shape index (κ3) is 6.92. The number of carbonyl (C=O) groups is 1. The summed E-state index contributed by atoms with van der Waals surface area (Å²) < 4.78 is 45.2. The molecule has 1 aliphatic rings. The fourth-order valence-electron chi connectivity index (χ4n) is 2.74. The van der Waals surface area contributed by atoms with Gasteiger partial charge in [-0.1, -0.05) is 12.1 Å². The first kappa shape index (κ1) is 20.6. The van der Waals surface area contributed by atoms with Crippen LogP contribution in [0, 0.1) is 11.7 Å². The van der Waals surface area contributed by atoms with Gasteiger partial charge in [-0.25, -0.2) is 22.3 Å². The van der Waals surface area contributed by atoms with E-state index < -0.39 is 21.4 Å². The van der Waals surface area contributed by atoms with Crippen LogP contribution in [0.1, 0.15) is 39.2 Å². The molecule has 1 fully saturated rings. The predicted octanol–water partition coefficient (Wildman–Crippen LogP) is 2.89. The monoisotopic (exact) mass is 386 g/mol. The van der Waals surface area contributed by atoms with Gasteiger partial charge in [-0.15, -0.1) is 0 Å². The quantitative estimate of drug-likeness (QED) is 0.844. The van der Waals surface area contributed by atoms with Crippen molar-refractivity contribution in [3.05, 3.63) is 35.6 Å². The first-order valence-corrected chi connectivity index (χ1v) is 10.4. The molecule has 1 aliphatic heterocycles. The summed E-state index contributed by atoms with van der Waals surface area (Å²) in [6, 6.07) is 5.43. The number of amides is 1. The molecule has 26 heavy (non-hydrogen) atoms. The van der Waals surface area contributed by atoms with E-state index in [9.17, 15) is 17.6 Å². The number of sulfonamides is 1. The third-order valence-electron chi connectivity index (χ3n) is 4.13. The van der Waals surface area contributed by atoms with Gasteiger partial charge in [0.25, 0.3) is 0 Å². The molecule has 1 saturated heterocycles. The van der Waals surface area contributed by atoms with Gasteiger partial charge >= 0.3 is 6.09 Å². The molecule has 146 valence electrons. The van der Waals surface area contributed by atoms with Crippen molar-refractivity contribution in [1.29, 1.82) is 0 Å². The fourth-order valence-corrected chi connectivity index (χ4v) is 3.97. The summed E-state index contributed by atoms with van der Waals surface area (Å²) in [4.78, 5) is 13.7. The zero-order valence-corrected chi connectivity index (χ0v) is 16.3. The van der Waals surface area contributed by atoms with Crippen LogP contribution < -0.4 is 4.72 Å². The van der Waals surface area contributed by atoms with Crippen molar-refractivity contribution in [3.63, 3.8) is 0 Å². The van der Waals surface area contributed by atoms with Gasteiger partial charge in [0.05, 0.1) is 5.75 Å². The van der Waals surface area contributed by atoms with Gasteiger partial charge in [0.2, 0.25) is 10.0 Å². The second-order valence-electron chi connectivity index (χ2n) is 7.64. The first-order valence-electron chi connectivity index (χ1n) is 8.74. The van der Waals surface area contributed by atoms with Crippen molar-refractivity contribution in [2.75, 3.05) is 19.6 Å². The largest absolute Gasteiger partial charge is 0.444 e. The minimum Gasteiger partial charge on any atom is -0.444 e. The predicted molar refractivity (Wildman–Crippen MR) is 97.6 cm³/mol. The number of halogens is 1. The Bertz CT molecular complexity index is 706. The maximum absolute atomic E-state index is 12.9. The Kier molecular flexibility index (Phi) is 6.63. The Morgan fingerprint density at radius 2 is 1.81 bits per heavy atom. The van der Waals surface area contributed by atoms with Crippen LogP contribution in [0.25, 0.3) is 0 Å². The van der Waals surface area contributed by atoms with Crippen molar-refractivity contribution < 1.29 is 22.3 Å². The molecule has 0 aromatic heterocycles. The van der Waals surface area contributed by atoms with Crippen LogP contribution in [0.5, 0.6) is 0 Å². The van der Waals surface area contributed by atoms with Crippen molar-refractivity contribution in [2.24, 2.45) is 5.92 Å². The van der Waals surface area contributed by atoms with Crippen LogP contribution in [-0.4, -0.2) is 44.6 Å². The lowest BCUT2D eigenvalue weighted by atomic mass is 9.97. The topological polar surface area (TPSA) is 75.7 Å². The standard InChI is InChI=1S/C18H27FN2O4S/c1-18(2,3)25-17(22)21-10-8-14(9-11-21)12-20-26(23,24)13-15-4-6-16(19)7-5-15/h4-7,14,20H,8-13H2,1-3H3. The SMILES string of the molecule is CC(C)(C)OC(=O)N1CCC(CNS(=O)(=O)Cc2ccc(F)cc2)CC1. The number of piperidine rings is 1. The van der Waals surface area contributed by atoms with E-state index >= 15 is 0 Å². The number of benzene rings is 1. The van der Waals surface area contributed by atoms with Gasteiger partial charge < -0.3 is 9.64 Å². The van der Waals surface area contributed by atoms with E-state index in [2.05, 4.69) is 4.72 Å². The summed E-state index contributed by atoms with van der Waals surface area (Å²) in [7, 11) is -3.48. The molecule has 1 amide bonds. The number of ether oxygens (including phenoxy) is 1. The molecule has 0 spiro atoms. The summed E-state index contributed by atoms with van der Waals surface area (Å²) in [5, 5.41) is 0. The molecule has 0 unspecified atom stereocenters. The number of carbonyl (C=O) groups excluding carboxylic acids is 1. The van der Waals surface area contributed by atoms with Gasteiger partial charge in [-0.3, -0.25) is 0 Å². The van der Waals surface area contributed by atoms with Gasteiger partial charge in [0, 0.05) is 19.6 Å². The van der Waals surface area contributed by atoms with E-state index in [1.54, 1.807) is 4.90 Å². The molecule has 0 radical (unpaired) electrons. The smallest absolute Gasteiger partial charge is 0.410 e. The number of hydrogen-bond acceptors (Lipinski definition) is 4. The average molecular weight is 386 g/mol. The maximum Gasteiger partial charge on any atom is 0.410 e. The highest BCUT2D eigenvalue weighted by molar-refractivity contribution is 7.88. The van der Waals surface area contributed by atoms with Crippen LogP contribution >= 0.6 is 0 Å². The van der Waals surface area contributed by atoms with Crippen molar-refractivity contribution in [1.82, 2.24) is 9.62 Å². The van der Waals surface area contributed by atoms with Gasteiger partial charge in [0.15, 0.2) is 0 Å². The molecule has 8 heteroatoms. The van der Waals surface area contributed by atoms with E-state index in [4.69, 9.17) is 4.74 Å². The molecule has 0 bridgehead atoms. The molecular formula is C18H27FN2O4S. The number of likely N-dealkylation sites (tertiary alicyclic amines) is 1. The third-order valence-corrected chi connectivity index (χ3v) is 5.45. The van der Waals surface area contributed by atoms with Crippen LogP contribution in [0.3, 0.4) is 0 Å². The lowest BCUT2D eigenvalue weighted by Gasteiger charge is -2.33. The van der Waals surface area contributed by atoms with Crippen LogP contribution in [0.15, 0.2) is 24.3 Å². The van der Waals surface area contributed by atoms with E-state index in [0.29, 0.717) is 25.2 Å². The Hall–Kier alpha value is -1.67. The molecule has 1 aromatic carbocycles. The number of hydrogen-bond donors (Lipinski definition) is 1. The second-order valence-corrected chi connectivity index (χ2v) is 9.45. The van der Waals surface area contributed by atoms with Crippen molar-refractivity contribution in [3.8, 4) is 0 Å². The Balaban J connectivity index is 1.77. The van der Waals surface area contributed by atoms with Crippen molar-refractivity contribution in [2.45, 2.75) is 45.0 Å². The van der Waals surface area contributed by atoms with Gasteiger partial charge in [0.1, 0.15) is 11.4 Å². The summed E-state index contributed by atoms with van der Waals surface area (Å²) in [6.45, 7) is 6.93. The second kappa shape index (κ2) is 8.35. The Morgan fingerprint density at radius 3 is 2.35 bits per heavy atom. The molecule has 1 N–H and O–H groups in total. The highest BCUT2D eigenvalue weighted by atomic mass is 32.2. The molecule has 0 atom stereocenters.